The highest BCUT2D eigenvalue weighted by Gasteiger charge is 2.08. The Bertz CT molecular complexity index is 797. The Morgan fingerprint density at radius 1 is 1.20 bits per heavy atom. The van der Waals surface area contributed by atoms with Crippen molar-refractivity contribution < 1.29 is 8.42 Å². The highest BCUT2D eigenvalue weighted by Crippen LogP contribution is 2.09. The van der Waals surface area contributed by atoms with Crippen molar-refractivity contribution in [1.29, 1.82) is 0 Å². The average Bonchev–Trinajstić information content (AvgIpc) is 2.58. The van der Waals surface area contributed by atoms with E-state index >= 15 is 0 Å². The van der Waals surface area contributed by atoms with Gasteiger partial charge in [0.2, 0.25) is 10.0 Å². The molecule has 25 heavy (non-hydrogen) atoms. The van der Waals surface area contributed by atoms with Crippen LogP contribution in [0.15, 0.2) is 58.5 Å². The summed E-state index contributed by atoms with van der Waals surface area (Å²) >= 11 is 0. The first-order chi connectivity index (χ1) is 11.5. The van der Waals surface area contributed by atoms with Crippen LogP contribution in [0.3, 0.4) is 0 Å². The molecule has 0 saturated heterocycles. The summed E-state index contributed by atoms with van der Waals surface area (Å²) in [5.74, 6) is 0.631. The first-order valence-electron chi connectivity index (χ1n) is 7.45. The number of hydrogen-bond donors (Lipinski definition) is 3. The van der Waals surface area contributed by atoms with Crippen LogP contribution in [0.5, 0.6) is 0 Å². The lowest BCUT2D eigenvalue weighted by atomic mass is 10.2. The average molecular weight is 475 g/mol. The molecule has 0 aliphatic heterocycles. The number of rotatable bonds is 6. The zero-order chi connectivity index (χ0) is 17.4. The second kappa shape index (κ2) is 10.3. The van der Waals surface area contributed by atoms with Crippen LogP contribution in [0.4, 0.5) is 0 Å². The van der Waals surface area contributed by atoms with E-state index in [-0.39, 0.29) is 28.9 Å². The molecular weight excluding hydrogens is 453 g/mol. The minimum Gasteiger partial charge on any atom is -0.356 e. The van der Waals surface area contributed by atoms with Crippen LogP contribution in [0, 0.1) is 0 Å². The number of nitrogens with two attached hydrogens (primary N) is 1. The van der Waals surface area contributed by atoms with E-state index in [1.165, 1.54) is 6.07 Å². The Hall–Kier alpha value is -1.72. The van der Waals surface area contributed by atoms with Gasteiger partial charge in [0.1, 0.15) is 0 Å². The predicted molar refractivity (Wildman–Crippen MR) is 109 cm³/mol. The first kappa shape index (κ1) is 21.3. The number of guanidine groups is 1. The number of halogens is 1. The molecule has 0 unspecified atom stereocenters. The lowest BCUT2D eigenvalue weighted by molar-refractivity contribution is 0.597. The summed E-state index contributed by atoms with van der Waals surface area (Å²) < 4.78 is 22.7. The summed E-state index contributed by atoms with van der Waals surface area (Å²) in [4.78, 5) is 8.49. The second-order valence-corrected chi connectivity index (χ2v) is 6.68. The van der Waals surface area contributed by atoms with E-state index in [0.29, 0.717) is 19.0 Å². The molecule has 1 aromatic carbocycles. The molecule has 0 spiro atoms. The van der Waals surface area contributed by atoms with Gasteiger partial charge in [-0.25, -0.2) is 13.6 Å². The monoisotopic (exact) mass is 475 g/mol. The van der Waals surface area contributed by atoms with Crippen molar-refractivity contribution in [3.63, 3.8) is 0 Å². The molecule has 4 N–H and O–H groups in total. The van der Waals surface area contributed by atoms with Gasteiger partial charge in [0, 0.05) is 38.4 Å². The van der Waals surface area contributed by atoms with Gasteiger partial charge in [-0.1, -0.05) is 18.2 Å². The Labute approximate surface area is 165 Å². The molecule has 2 aromatic rings. The molecule has 0 radical (unpaired) electrons. The van der Waals surface area contributed by atoms with Gasteiger partial charge in [-0.2, -0.15) is 0 Å². The molecule has 1 heterocycles. The zero-order valence-corrected chi connectivity index (χ0v) is 17.0. The minimum atomic E-state index is -3.69. The van der Waals surface area contributed by atoms with E-state index in [1.807, 2.05) is 24.3 Å². The standard InChI is InChI=1S/C16H21N5O2S.HI/c1-18-16(20-10-8-14-6-2-3-9-19-14)21-12-13-5-4-7-15(11-13)24(17,22)23;/h2-7,9,11H,8,10,12H2,1H3,(H2,17,22,23)(H2,18,20,21);1H. The lowest BCUT2D eigenvalue weighted by Crippen LogP contribution is -2.37. The topological polar surface area (TPSA) is 109 Å². The van der Waals surface area contributed by atoms with Crippen molar-refractivity contribution in [2.24, 2.45) is 10.1 Å². The van der Waals surface area contributed by atoms with Crippen molar-refractivity contribution in [2.45, 2.75) is 17.9 Å². The predicted octanol–water partition coefficient (Wildman–Crippen LogP) is 1.25. The number of benzene rings is 1. The van der Waals surface area contributed by atoms with E-state index in [1.54, 1.807) is 25.4 Å². The van der Waals surface area contributed by atoms with E-state index in [9.17, 15) is 8.42 Å². The van der Waals surface area contributed by atoms with Crippen LogP contribution in [0.2, 0.25) is 0 Å². The third-order valence-electron chi connectivity index (χ3n) is 3.31. The van der Waals surface area contributed by atoms with Crippen LogP contribution in [0.1, 0.15) is 11.3 Å². The number of pyridine rings is 1. The number of hydrogen-bond acceptors (Lipinski definition) is 4. The van der Waals surface area contributed by atoms with Crippen LogP contribution < -0.4 is 15.8 Å². The maximum atomic E-state index is 11.4. The molecule has 0 saturated carbocycles. The van der Waals surface area contributed by atoms with Crippen LogP contribution in [-0.2, 0) is 23.0 Å². The van der Waals surface area contributed by atoms with Crippen molar-refractivity contribution in [3.8, 4) is 0 Å². The maximum absolute atomic E-state index is 11.4. The third-order valence-corrected chi connectivity index (χ3v) is 4.22. The molecule has 1 aromatic heterocycles. The van der Waals surface area contributed by atoms with Gasteiger partial charge >= 0.3 is 0 Å². The number of nitrogens with one attached hydrogen (secondary N) is 2. The second-order valence-electron chi connectivity index (χ2n) is 5.12. The van der Waals surface area contributed by atoms with Gasteiger partial charge in [-0.05, 0) is 29.8 Å². The molecule has 0 fully saturated rings. The molecule has 136 valence electrons. The molecule has 9 heteroatoms. The molecule has 2 rings (SSSR count). The Morgan fingerprint density at radius 2 is 2.00 bits per heavy atom. The number of aliphatic imine (C=N–C) groups is 1. The number of nitrogens with zero attached hydrogens (tertiary/aromatic N) is 2. The van der Waals surface area contributed by atoms with Crippen molar-refractivity contribution in [3.05, 3.63) is 59.9 Å². The normalized spacial score (nSPS) is 11.5. The third kappa shape index (κ3) is 7.36. The molecule has 0 bridgehead atoms. The van der Waals surface area contributed by atoms with E-state index in [2.05, 4.69) is 20.6 Å². The highest BCUT2D eigenvalue weighted by molar-refractivity contribution is 14.0. The van der Waals surface area contributed by atoms with E-state index in [0.717, 1.165) is 17.7 Å². The smallest absolute Gasteiger partial charge is 0.238 e. The Morgan fingerprint density at radius 3 is 2.64 bits per heavy atom. The molecule has 0 aliphatic carbocycles. The summed E-state index contributed by atoms with van der Waals surface area (Å²) in [5.41, 5.74) is 1.80. The van der Waals surface area contributed by atoms with E-state index < -0.39 is 10.0 Å². The quantitative estimate of drug-likeness (QED) is 0.331. The highest BCUT2D eigenvalue weighted by atomic mass is 127. The molecule has 7 nitrogen and oxygen atoms in total. The molecule has 0 aliphatic rings. The van der Waals surface area contributed by atoms with Crippen molar-refractivity contribution >= 4 is 40.0 Å². The maximum Gasteiger partial charge on any atom is 0.238 e. The van der Waals surface area contributed by atoms with Gasteiger partial charge in [0.05, 0.1) is 4.90 Å². The Kier molecular flexibility index (Phi) is 8.79. The largest absolute Gasteiger partial charge is 0.356 e. The van der Waals surface area contributed by atoms with Crippen LogP contribution in [-0.4, -0.2) is 33.0 Å². The molecule has 0 atom stereocenters. The summed E-state index contributed by atoms with van der Waals surface area (Å²) in [7, 11) is -2.02. The zero-order valence-electron chi connectivity index (χ0n) is 13.8. The van der Waals surface area contributed by atoms with Gasteiger partial charge < -0.3 is 10.6 Å². The fourth-order valence-electron chi connectivity index (χ4n) is 2.09. The summed E-state index contributed by atoms with van der Waals surface area (Å²) in [5, 5.41) is 11.5. The minimum absolute atomic E-state index is 0. The van der Waals surface area contributed by atoms with Gasteiger partial charge in [-0.15, -0.1) is 24.0 Å². The number of sulfonamides is 1. The van der Waals surface area contributed by atoms with Crippen LogP contribution in [0.25, 0.3) is 0 Å². The number of primary sulfonamides is 1. The summed E-state index contributed by atoms with van der Waals surface area (Å²) in [6.45, 7) is 1.13. The van der Waals surface area contributed by atoms with Crippen LogP contribution >= 0.6 is 24.0 Å². The van der Waals surface area contributed by atoms with E-state index in [4.69, 9.17) is 5.14 Å². The molecular formula is C16H22IN5O2S. The SMILES string of the molecule is CN=C(NCCc1ccccn1)NCc1cccc(S(N)(=O)=O)c1.I. The van der Waals surface area contributed by atoms with Gasteiger partial charge in [0.25, 0.3) is 0 Å². The molecule has 0 amide bonds. The number of aromatic nitrogens is 1. The lowest BCUT2D eigenvalue weighted by Gasteiger charge is -2.12. The van der Waals surface area contributed by atoms with Crippen molar-refractivity contribution in [2.75, 3.05) is 13.6 Å². The van der Waals surface area contributed by atoms with Crippen molar-refractivity contribution in [1.82, 2.24) is 15.6 Å². The summed E-state index contributed by atoms with van der Waals surface area (Å²) in [6, 6.07) is 12.3. The summed E-state index contributed by atoms with van der Waals surface area (Å²) in [6.07, 6.45) is 2.54. The fourth-order valence-corrected chi connectivity index (χ4v) is 2.68. The first-order valence-corrected chi connectivity index (χ1v) is 9.00. The Balaban J connectivity index is 0.00000312. The van der Waals surface area contributed by atoms with Gasteiger partial charge in [0.15, 0.2) is 5.96 Å². The van der Waals surface area contributed by atoms with Gasteiger partial charge in [-0.3, -0.25) is 9.98 Å². The fraction of sp³-hybridized carbons (Fsp3) is 0.250.